The highest BCUT2D eigenvalue weighted by molar-refractivity contribution is 7.90. The molecule has 11 heteroatoms. The van der Waals surface area contributed by atoms with Gasteiger partial charge in [-0.3, -0.25) is 9.59 Å². The number of benzene rings is 1. The molecule has 2 aromatic rings. The van der Waals surface area contributed by atoms with Gasteiger partial charge in [-0.05, 0) is 43.2 Å². The van der Waals surface area contributed by atoms with E-state index >= 15 is 0 Å². The fraction of sp³-hybridized carbons (Fsp3) is 0.350. The second kappa shape index (κ2) is 9.80. The standard InChI is InChI=1S/C20H21ClN2O6S2/c1-2-29-20(26)17-14-8-10-31(27,28)11-15(14)30-19(17)23-16(24)7-9-22-18(25)12-3-5-13(21)6-4-12/h3-6H,2,7-11H2,1H3,(H,22,25)(H,23,24). The molecule has 8 nitrogen and oxygen atoms in total. The van der Waals surface area contributed by atoms with Crippen molar-refractivity contribution < 1.29 is 27.5 Å². The van der Waals surface area contributed by atoms with E-state index in [1.165, 1.54) is 0 Å². The smallest absolute Gasteiger partial charge is 0.341 e. The maximum Gasteiger partial charge on any atom is 0.341 e. The summed E-state index contributed by atoms with van der Waals surface area (Å²) in [5.41, 5.74) is 1.25. The number of nitrogens with one attached hydrogen (secondary N) is 2. The molecule has 1 aromatic carbocycles. The molecule has 31 heavy (non-hydrogen) atoms. The van der Waals surface area contributed by atoms with Crippen LogP contribution in [0.5, 0.6) is 0 Å². The monoisotopic (exact) mass is 484 g/mol. The maximum atomic E-state index is 12.4. The number of sulfone groups is 1. The summed E-state index contributed by atoms with van der Waals surface area (Å²) in [6, 6.07) is 6.35. The zero-order chi connectivity index (χ0) is 22.6. The highest BCUT2D eigenvalue weighted by atomic mass is 35.5. The summed E-state index contributed by atoms with van der Waals surface area (Å²) in [6.07, 6.45) is 0.178. The quantitative estimate of drug-likeness (QED) is 0.583. The number of thiophene rings is 1. The molecule has 2 heterocycles. The topological polar surface area (TPSA) is 119 Å². The molecular formula is C20H21ClN2O6S2. The van der Waals surface area contributed by atoms with E-state index in [2.05, 4.69) is 10.6 Å². The minimum Gasteiger partial charge on any atom is -0.462 e. The Kier molecular flexibility index (Phi) is 7.34. The molecule has 0 bridgehead atoms. The Morgan fingerprint density at radius 2 is 1.90 bits per heavy atom. The van der Waals surface area contributed by atoms with E-state index in [-0.39, 0.29) is 54.0 Å². The van der Waals surface area contributed by atoms with Crippen molar-refractivity contribution in [3.8, 4) is 0 Å². The average Bonchev–Trinajstić information content (AvgIpc) is 3.04. The van der Waals surface area contributed by atoms with E-state index < -0.39 is 21.7 Å². The van der Waals surface area contributed by atoms with Gasteiger partial charge in [0.25, 0.3) is 5.91 Å². The van der Waals surface area contributed by atoms with Gasteiger partial charge in [-0.2, -0.15) is 0 Å². The molecule has 0 radical (unpaired) electrons. The van der Waals surface area contributed by atoms with Crippen LogP contribution >= 0.6 is 22.9 Å². The number of hydrogen-bond acceptors (Lipinski definition) is 7. The fourth-order valence-electron chi connectivity index (χ4n) is 3.11. The zero-order valence-corrected chi connectivity index (χ0v) is 19.1. The molecule has 0 fully saturated rings. The Hall–Kier alpha value is -2.43. The van der Waals surface area contributed by atoms with Crippen molar-refractivity contribution in [3.05, 3.63) is 50.9 Å². The predicted octanol–water partition coefficient (Wildman–Crippen LogP) is 2.81. The van der Waals surface area contributed by atoms with E-state index in [9.17, 15) is 22.8 Å². The van der Waals surface area contributed by atoms with E-state index in [0.29, 0.717) is 21.0 Å². The fourth-order valence-corrected chi connectivity index (χ4v) is 6.29. The molecule has 1 aromatic heterocycles. The van der Waals surface area contributed by atoms with Gasteiger partial charge >= 0.3 is 5.97 Å². The highest BCUT2D eigenvalue weighted by Crippen LogP contribution is 2.38. The van der Waals surface area contributed by atoms with E-state index in [0.717, 1.165) is 11.3 Å². The molecule has 2 amide bonds. The van der Waals surface area contributed by atoms with Gasteiger partial charge < -0.3 is 15.4 Å². The molecule has 0 atom stereocenters. The minimum atomic E-state index is -3.23. The van der Waals surface area contributed by atoms with Crippen LogP contribution in [0.2, 0.25) is 5.02 Å². The number of rotatable bonds is 7. The van der Waals surface area contributed by atoms with Crippen molar-refractivity contribution in [2.24, 2.45) is 0 Å². The van der Waals surface area contributed by atoms with E-state index in [4.69, 9.17) is 16.3 Å². The first-order valence-corrected chi connectivity index (χ1v) is 12.6. The van der Waals surface area contributed by atoms with Gasteiger partial charge in [0.1, 0.15) is 5.00 Å². The van der Waals surface area contributed by atoms with Crippen LogP contribution < -0.4 is 10.6 Å². The first kappa shape index (κ1) is 23.2. The summed E-state index contributed by atoms with van der Waals surface area (Å²) in [5, 5.41) is 6.10. The van der Waals surface area contributed by atoms with Crippen LogP contribution in [0.1, 0.15) is 44.5 Å². The summed E-state index contributed by atoms with van der Waals surface area (Å²) < 4.78 is 29.0. The number of esters is 1. The summed E-state index contributed by atoms with van der Waals surface area (Å²) in [5.74, 6) is -1.55. The third-order valence-corrected chi connectivity index (χ3v) is 7.72. The van der Waals surface area contributed by atoms with E-state index in [1.807, 2.05) is 0 Å². The number of carbonyl (C=O) groups is 3. The van der Waals surface area contributed by atoms with Crippen molar-refractivity contribution >= 4 is 55.6 Å². The SMILES string of the molecule is CCOC(=O)c1c(NC(=O)CCNC(=O)c2ccc(Cl)cc2)sc2c1CCS(=O)(=O)C2. The van der Waals surface area contributed by atoms with E-state index in [1.54, 1.807) is 31.2 Å². The molecular weight excluding hydrogens is 464 g/mol. The lowest BCUT2D eigenvalue weighted by Gasteiger charge is -2.13. The Labute approximate surface area is 188 Å². The van der Waals surface area contributed by atoms with Gasteiger partial charge in [0, 0.05) is 28.4 Å². The van der Waals surface area contributed by atoms with Gasteiger partial charge in [0.2, 0.25) is 5.91 Å². The summed E-state index contributed by atoms with van der Waals surface area (Å²) in [6.45, 7) is 1.91. The molecule has 2 N–H and O–H groups in total. The minimum absolute atomic E-state index is 0.0253. The molecule has 3 rings (SSSR count). The Morgan fingerprint density at radius 3 is 2.58 bits per heavy atom. The molecule has 1 aliphatic rings. The number of amides is 2. The average molecular weight is 485 g/mol. The van der Waals surface area contributed by atoms with Crippen molar-refractivity contribution in [2.75, 3.05) is 24.2 Å². The number of ether oxygens (including phenoxy) is 1. The van der Waals surface area contributed by atoms with Crippen molar-refractivity contribution in [1.29, 1.82) is 0 Å². The summed E-state index contributed by atoms with van der Waals surface area (Å²) in [4.78, 5) is 37.5. The summed E-state index contributed by atoms with van der Waals surface area (Å²) >= 11 is 6.87. The normalized spacial score (nSPS) is 14.4. The lowest BCUT2D eigenvalue weighted by Crippen LogP contribution is -2.27. The number of anilines is 1. The van der Waals surface area contributed by atoms with Crippen LogP contribution in [0, 0.1) is 0 Å². The summed E-state index contributed by atoms with van der Waals surface area (Å²) in [7, 11) is -3.23. The Morgan fingerprint density at radius 1 is 1.19 bits per heavy atom. The van der Waals surface area contributed by atoms with Crippen molar-refractivity contribution in [3.63, 3.8) is 0 Å². The molecule has 0 saturated heterocycles. The lowest BCUT2D eigenvalue weighted by molar-refractivity contribution is -0.116. The van der Waals surface area contributed by atoms with Crippen LogP contribution in [-0.4, -0.2) is 45.1 Å². The third-order valence-electron chi connectivity index (χ3n) is 4.58. The largest absolute Gasteiger partial charge is 0.462 e. The highest BCUT2D eigenvalue weighted by Gasteiger charge is 2.32. The Balaban J connectivity index is 1.66. The van der Waals surface area contributed by atoms with Gasteiger partial charge in [-0.1, -0.05) is 11.6 Å². The van der Waals surface area contributed by atoms with Crippen LogP contribution in [-0.2, 0) is 31.5 Å². The first-order chi connectivity index (χ1) is 14.7. The second-order valence-corrected chi connectivity index (χ2v) is 10.6. The maximum absolute atomic E-state index is 12.4. The molecule has 0 spiro atoms. The van der Waals surface area contributed by atoms with Gasteiger partial charge in [-0.15, -0.1) is 11.3 Å². The lowest BCUT2D eigenvalue weighted by atomic mass is 10.1. The van der Waals surface area contributed by atoms with Gasteiger partial charge in [0.15, 0.2) is 9.84 Å². The molecule has 0 aliphatic carbocycles. The van der Waals surface area contributed by atoms with Crippen molar-refractivity contribution in [1.82, 2.24) is 5.32 Å². The number of carbonyl (C=O) groups excluding carboxylic acids is 3. The molecule has 1 aliphatic heterocycles. The number of fused-ring (bicyclic) bond motifs is 1. The van der Waals surface area contributed by atoms with Crippen molar-refractivity contribution in [2.45, 2.75) is 25.5 Å². The number of hydrogen-bond donors (Lipinski definition) is 2. The molecule has 0 unspecified atom stereocenters. The van der Waals surface area contributed by atoms with Gasteiger partial charge in [0.05, 0.1) is 23.7 Å². The molecule has 166 valence electrons. The van der Waals surface area contributed by atoms with Crippen LogP contribution in [0.4, 0.5) is 5.00 Å². The second-order valence-electron chi connectivity index (χ2n) is 6.83. The molecule has 0 saturated carbocycles. The Bertz CT molecular complexity index is 1110. The first-order valence-electron chi connectivity index (χ1n) is 9.56. The van der Waals surface area contributed by atoms with Crippen LogP contribution in [0.15, 0.2) is 24.3 Å². The van der Waals surface area contributed by atoms with Crippen LogP contribution in [0.3, 0.4) is 0 Å². The van der Waals surface area contributed by atoms with Crippen LogP contribution in [0.25, 0.3) is 0 Å². The van der Waals surface area contributed by atoms with Gasteiger partial charge in [-0.25, -0.2) is 13.2 Å². The number of halogens is 1. The third kappa shape index (κ3) is 5.84. The zero-order valence-electron chi connectivity index (χ0n) is 16.7. The predicted molar refractivity (Wildman–Crippen MR) is 119 cm³/mol.